The third-order valence-corrected chi connectivity index (χ3v) is 5.15. The van der Waals surface area contributed by atoms with Gasteiger partial charge >= 0.3 is 0 Å². The summed E-state index contributed by atoms with van der Waals surface area (Å²) in [5, 5.41) is 4.21. The van der Waals surface area contributed by atoms with E-state index in [9.17, 15) is 0 Å². The molecule has 4 rings (SSSR count). The molecule has 1 heterocycles. The molecule has 22 heavy (non-hydrogen) atoms. The van der Waals surface area contributed by atoms with Gasteiger partial charge in [0.15, 0.2) is 5.82 Å². The van der Waals surface area contributed by atoms with Crippen LogP contribution in [0.5, 0.6) is 5.75 Å². The topological polar surface area (TPSA) is 74.2 Å². The fourth-order valence-electron chi connectivity index (χ4n) is 3.61. The zero-order chi connectivity index (χ0) is 15.2. The van der Waals surface area contributed by atoms with E-state index in [4.69, 9.17) is 20.0 Å². The van der Waals surface area contributed by atoms with Gasteiger partial charge in [-0.05, 0) is 31.7 Å². The van der Waals surface area contributed by atoms with E-state index in [2.05, 4.69) is 11.2 Å². The molecule has 5 nitrogen and oxygen atoms in total. The summed E-state index contributed by atoms with van der Waals surface area (Å²) in [6.07, 6.45) is 6.16. The summed E-state index contributed by atoms with van der Waals surface area (Å²) in [6, 6.07) is 8.07. The van der Waals surface area contributed by atoms with E-state index < -0.39 is 5.54 Å². The van der Waals surface area contributed by atoms with Crippen LogP contribution in [0, 0.1) is 0 Å². The number of methoxy groups -OCH3 is 1. The second-order valence-corrected chi connectivity index (χ2v) is 6.57. The molecule has 0 radical (unpaired) electrons. The molecule has 0 unspecified atom stereocenters. The van der Waals surface area contributed by atoms with Gasteiger partial charge in [-0.1, -0.05) is 36.2 Å². The molecule has 0 atom stereocenters. The molecule has 2 aliphatic rings. The smallest absolute Gasteiger partial charge is 0.237 e. The maximum Gasteiger partial charge on any atom is 0.237 e. The van der Waals surface area contributed by atoms with Crippen molar-refractivity contribution in [3.8, 4) is 5.75 Å². The summed E-state index contributed by atoms with van der Waals surface area (Å²) >= 11 is 0. The monoisotopic (exact) mass is 299 g/mol. The number of hydrogen-bond donors (Lipinski definition) is 1. The van der Waals surface area contributed by atoms with Gasteiger partial charge in [-0.3, -0.25) is 0 Å². The third kappa shape index (κ3) is 1.96. The third-order valence-electron chi connectivity index (χ3n) is 5.15. The minimum atomic E-state index is -0.404. The van der Waals surface area contributed by atoms with Crippen LogP contribution in [0.3, 0.4) is 0 Å². The maximum atomic E-state index is 6.44. The highest BCUT2D eigenvalue weighted by Crippen LogP contribution is 2.55. The van der Waals surface area contributed by atoms with Gasteiger partial charge < -0.3 is 15.0 Å². The van der Waals surface area contributed by atoms with E-state index in [1.807, 2.05) is 18.2 Å². The number of benzene rings is 1. The van der Waals surface area contributed by atoms with Crippen LogP contribution in [-0.4, -0.2) is 17.3 Å². The van der Waals surface area contributed by atoms with Gasteiger partial charge in [0.05, 0.1) is 18.1 Å². The van der Waals surface area contributed by atoms with Gasteiger partial charge in [0.1, 0.15) is 5.75 Å². The van der Waals surface area contributed by atoms with Crippen molar-refractivity contribution in [1.29, 1.82) is 0 Å². The van der Waals surface area contributed by atoms with Crippen LogP contribution in [0.1, 0.15) is 55.8 Å². The van der Waals surface area contributed by atoms with Crippen molar-refractivity contribution in [2.24, 2.45) is 5.73 Å². The van der Waals surface area contributed by atoms with Crippen molar-refractivity contribution in [3.05, 3.63) is 41.5 Å². The van der Waals surface area contributed by atoms with Crippen molar-refractivity contribution < 1.29 is 9.26 Å². The Morgan fingerprint density at radius 1 is 1.14 bits per heavy atom. The van der Waals surface area contributed by atoms with Crippen LogP contribution >= 0.6 is 0 Å². The zero-order valence-corrected chi connectivity index (χ0v) is 12.8. The summed E-state index contributed by atoms with van der Waals surface area (Å²) in [5.74, 6) is 2.23. The van der Waals surface area contributed by atoms with Crippen LogP contribution in [0.2, 0.25) is 0 Å². The lowest BCUT2D eigenvalue weighted by Gasteiger charge is -2.18. The molecule has 1 aromatic carbocycles. The number of nitrogens with zero attached hydrogens (tertiary/aromatic N) is 2. The highest BCUT2D eigenvalue weighted by molar-refractivity contribution is 5.47. The Kier molecular flexibility index (Phi) is 3.01. The van der Waals surface area contributed by atoms with Crippen molar-refractivity contribution >= 4 is 0 Å². The molecule has 2 fully saturated rings. The van der Waals surface area contributed by atoms with E-state index in [1.165, 1.54) is 0 Å². The first kappa shape index (κ1) is 13.8. The highest BCUT2D eigenvalue weighted by Gasteiger charge is 2.53. The Balaban J connectivity index is 1.71. The van der Waals surface area contributed by atoms with E-state index in [0.717, 1.165) is 49.8 Å². The van der Waals surface area contributed by atoms with E-state index in [-0.39, 0.29) is 5.41 Å². The fourth-order valence-corrected chi connectivity index (χ4v) is 3.61. The lowest BCUT2D eigenvalue weighted by Crippen LogP contribution is -2.34. The predicted octanol–water partition coefficient (Wildman–Crippen LogP) is 2.89. The second-order valence-electron chi connectivity index (χ2n) is 6.57. The molecule has 2 saturated carbocycles. The molecule has 1 aromatic heterocycles. The number of ether oxygens (including phenoxy) is 1. The summed E-state index contributed by atoms with van der Waals surface area (Å²) in [6.45, 7) is 0. The molecule has 2 aliphatic carbocycles. The Labute approximate surface area is 129 Å². The van der Waals surface area contributed by atoms with E-state index in [0.29, 0.717) is 11.7 Å². The predicted molar refractivity (Wildman–Crippen MR) is 81.6 cm³/mol. The SMILES string of the molecule is COc1ccccc1C1(c2nc(C3(N)CCCC3)no2)CC1. The van der Waals surface area contributed by atoms with Crippen molar-refractivity contribution in [3.63, 3.8) is 0 Å². The standard InChI is InChI=1S/C17H21N3O2/c1-21-13-7-3-2-6-12(13)16(10-11-16)15-19-14(20-22-15)17(18)8-4-5-9-17/h2-3,6-7H,4-5,8-11,18H2,1H3. The summed E-state index contributed by atoms with van der Waals surface area (Å²) in [5.41, 5.74) is 6.98. The Morgan fingerprint density at radius 2 is 1.86 bits per heavy atom. The lowest BCUT2D eigenvalue weighted by atomic mass is 9.94. The van der Waals surface area contributed by atoms with Gasteiger partial charge in [0.2, 0.25) is 5.89 Å². The van der Waals surface area contributed by atoms with Gasteiger partial charge in [-0.2, -0.15) is 4.98 Å². The minimum Gasteiger partial charge on any atom is -0.496 e. The molecule has 0 saturated heterocycles. The summed E-state index contributed by atoms with van der Waals surface area (Å²) in [7, 11) is 1.70. The van der Waals surface area contributed by atoms with E-state index >= 15 is 0 Å². The molecule has 0 spiro atoms. The average Bonchev–Trinajstić information content (AvgIpc) is 2.98. The van der Waals surface area contributed by atoms with Crippen LogP contribution in [-0.2, 0) is 11.0 Å². The first-order valence-electron chi connectivity index (χ1n) is 7.95. The van der Waals surface area contributed by atoms with Crippen LogP contribution in [0.4, 0.5) is 0 Å². The number of aromatic nitrogens is 2. The zero-order valence-electron chi connectivity index (χ0n) is 12.8. The normalized spacial score (nSPS) is 21.7. The van der Waals surface area contributed by atoms with Gasteiger partial charge in [0.25, 0.3) is 0 Å². The first-order valence-corrected chi connectivity index (χ1v) is 7.95. The van der Waals surface area contributed by atoms with Crippen LogP contribution < -0.4 is 10.5 Å². The number of para-hydroxylation sites is 1. The molecule has 2 aromatic rings. The van der Waals surface area contributed by atoms with Crippen LogP contribution in [0.25, 0.3) is 0 Å². The molecular weight excluding hydrogens is 278 g/mol. The number of rotatable bonds is 4. The summed E-state index contributed by atoms with van der Waals surface area (Å²) in [4.78, 5) is 4.69. The maximum absolute atomic E-state index is 6.44. The van der Waals surface area contributed by atoms with Crippen LogP contribution in [0.15, 0.2) is 28.8 Å². The van der Waals surface area contributed by atoms with Gasteiger partial charge in [-0.25, -0.2) is 0 Å². The number of nitrogens with two attached hydrogens (primary N) is 1. The molecule has 116 valence electrons. The molecule has 0 aliphatic heterocycles. The molecule has 5 heteroatoms. The van der Waals surface area contributed by atoms with E-state index in [1.54, 1.807) is 7.11 Å². The Hall–Kier alpha value is -1.88. The first-order chi connectivity index (χ1) is 10.7. The van der Waals surface area contributed by atoms with Crippen molar-refractivity contribution in [2.75, 3.05) is 7.11 Å². The summed E-state index contributed by atoms with van der Waals surface area (Å²) < 4.78 is 11.1. The molecule has 0 bridgehead atoms. The minimum absolute atomic E-state index is 0.188. The second kappa shape index (κ2) is 4.81. The quantitative estimate of drug-likeness (QED) is 0.939. The highest BCUT2D eigenvalue weighted by atomic mass is 16.5. The Bertz CT molecular complexity index is 685. The van der Waals surface area contributed by atoms with Crippen molar-refractivity contribution in [1.82, 2.24) is 10.1 Å². The average molecular weight is 299 g/mol. The molecule has 2 N–H and O–H groups in total. The molecular formula is C17H21N3O2. The number of hydrogen-bond acceptors (Lipinski definition) is 5. The largest absolute Gasteiger partial charge is 0.496 e. The lowest BCUT2D eigenvalue weighted by molar-refractivity contribution is 0.334. The van der Waals surface area contributed by atoms with Gasteiger partial charge in [0, 0.05) is 5.56 Å². The van der Waals surface area contributed by atoms with Gasteiger partial charge in [-0.15, -0.1) is 0 Å². The fraction of sp³-hybridized carbons (Fsp3) is 0.529. The van der Waals surface area contributed by atoms with Crippen molar-refractivity contribution in [2.45, 2.75) is 49.5 Å². The molecule has 0 amide bonds. The Morgan fingerprint density at radius 3 is 2.55 bits per heavy atom.